The fraction of sp³-hybridized carbons (Fsp3) is 0.667. The second-order valence-electron chi connectivity index (χ2n) is 3.41. The molecule has 0 amide bonds. The van der Waals surface area contributed by atoms with Gasteiger partial charge in [-0.2, -0.15) is 18.3 Å². The summed E-state index contributed by atoms with van der Waals surface area (Å²) in [7, 11) is 0. The molecule has 0 spiro atoms. The minimum Gasteiger partial charge on any atom is -0.270 e. The van der Waals surface area contributed by atoms with Gasteiger partial charge in [-0.05, 0) is 6.42 Å². The van der Waals surface area contributed by atoms with Crippen molar-refractivity contribution in [1.82, 2.24) is 5.01 Å². The number of hydrazone groups is 1. The molecule has 0 aromatic carbocycles. The molecule has 2 atom stereocenters. The van der Waals surface area contributed by atoms with Gasteiger partial charge < -0.3 is 0 Å². The van der Waals surface area contributed by atoms with Gasteiger partial charge in [0, 0.05) is 24.8 Å². The molecule has 0 aromatic rings. The van der Waals surface area contributed by atoms with Gasteiger partial charge in [-0.25, -0.2) is 0 Å². The SMILES string of the molecule is C=CN1N=C[C@H](C)C1CCC(F)(F)F. The molecule has 1 rings (SSSR count). The molecule has 14 heavy (non-hydrogen) atoms. The van der Waals surface area contributed by atoms with Gasteiger partial charge in [0.1, 0.15) is 0 Å². The molecule has 0 radical (unpaired) electrons. The Labute approximate surface area is 81.1 Å². The van der Waals surface area contributed by atoms with Crippen molar-refractivity contribution in [2.45, 2.75) is 32.0 Å². The van der Waals surface area contributed by atoms with E-state index in [1.165, 1.54) is 11.2 Å². The maximum Gasteiger partial charge on any atom is 0.389 e. The predicted octanol–water partition coefficient (Wildman–Crippen LogP) is 2.78. The average Bonchev–Trinajstić information content (AvgIpc) is 2.41. The normalized spacial score (nSPS) is 27.0. The summed E-state index contributed by atoms with van der Waals surface area (Å²) in [6, 6.07) is -0.200. The van der Waals surface area contributed by atoms with Crippen LogP contribution in [0.15, 0.2) is 17.9 Å². The molecule has 0 N–H and O–H groups in total. The minimum absolute atomic E-state index is 0.0513. The smallest absolute Gasteiger partial charge is 0.270 e. The van der Waals surface area contributed by atoms with E-state index in [0.717, 1.165) is 0 Å². The van der Waals surface area contributed by atoms with Crippen LogP contribution in [0.4, 0.5) is 13.2 Å². The second-order valence-corrected chi connectivity index (χ2v) is 3.41. The molecule has 0 bridgehead atoms. The topological polar surface area (TPSA) is 15.6 Å². The molecule has 1 heterocycles. The summed E-state index contributed by atoms with van der Waals surface area (Å²) in [4.78, 5) is 0. The first-order valence-corrected chi connectivity index (χ1v) is 4.46. The van der Waals surface area contributed by atoms with Crippen molar-refractivity contribution in [3.05, 3.63) is 12.8 Å². The van der Waals surface area contributed by atoms with Gasteiger partial charge in [-0.15, -0.1) is 0 Å². The average molecular weight is 206 g/mol. The molecule has 0 saturated heterocycles. The molecule has 2 nitrogen and oxygen atoms in total. The molecule has 80 valence electrons. The van der Waals surface area contributed by atoms with Crippen molar-refractivity contribution >= 4 is 6.21 Å². The Hall–Kier alpha value is -1.00. The van der Waals surface area contributed by atoms with Crippen LogP contribution >= 0.6 is 0 Å². The van der Waals surface area contributed by atoms with E-state index in [4.69, 9.17) is 0 Å². The number of hydrogen-bond acceptors (Lipinski definition) is 2. The maximum atomic E-state index is 12.0. The van der Waals surface area contributed by atoms with Crippen molar-refractivity contribution in [2.75, 3.05) is 0 Å². The van der Waals surface area contributed by atoms with E-state index in [9.17, 15) is 13.2 Å². The van der Waals surface area contributed by atoms with Gasteiger partial charge in [-0.3, -0.25) is 5.01 Å². The summed E-state index contributed by atoms with van der Waals surface area (Å²) in [5.74, 6) is 0.0513. The fourth-order valence-electron chi connectivity index (χ4n) is 1.50. The van der Waals surface area contributed by atoms with Crippen LogP contribution in [0.3, 0.4) is 0 Å². The largest absolute Gasteiger partial charge is 0.389 e. The third-order valence-corrected chi connectivity index (χ3v) is 2.29. The lowest BCUT2D eigenvalue weighted by molar-refractivity contribution is -0.138. The zero-order chi connectivity index (χ0) is 10.8. The first-order valence-electron chi connectivity index (χ1n) is 4.46. The van der Waals surface area contributed by atoms with E-state index in [-0.39, 0.29) is 18.4 Å². The molecular weight excluding hydrogens is 193 g/mol. The van der Waals surface area contributed by atoms with Crippen molar-refractivity contribution in [2.24, 2.45) is 11.0 Å². The van der Waals surface area contributed by atoms with E-state index in [1.54, 1.807) is 6.21 Å². The fourth-order valence-corrected chi connectivity index (χ4v) is 1.50. The minimum atomic E-state index is -4.09. The van der Waals surface area contributed by atoms with Crippen LogP contribution in [0.2, 0.25) is 0 Å². The Morgan fingerprint density at radius 1 is 1.57 bits per heavy atom. The van der Waals surface area contributed by atoms with E-state index >= 15 is 0 Å². The third kappa shape index (κ3) is 2.75. The lowest BCUT2D eigenvalue weighted by atomic mass is 9.99. The van der Waals surface area contributed by atoms with Crippen LogP contribution in [0.5, 0.6) is 0 Å². The van der Waals surface area contributed by atoms with Crippen molar-refractivity contribution in [1.29, 1.82) is 0 Å². The van der Waals surface area contributed by atoms with Gasteiger partial charge in [0.25, 0.3) is 0 Å². The van der Waals surface area contributed by atoms with E-state index < -0.39 is 12.6 Å². The Balaban J connectivity index is 2.47. The number of halogens is 3. The highest BCUT2D eigenvalue weighted by molar-refractivity contribution is 5.63. The van der Waals surface area contributed by atoms with Crippen LogP contribution in [0, 0.1) is 5.92 Å². The Kier molecular flexibility index (Phi) is 3.18. The van der Waals surface area contributed by atoms with Crippen LogP contribution in [-0.2, 0) is 0 Å². The first-order chi connectivity index (χ1) is 6.44. The van der Waals surface area contributed by atoms with Gasteiger partial charge >= 0.3 is 6.18 Å². The quantitative estimate of drug-likeness (QED) is 0.693. The van der Waals surface area contributed by atoms with Crippen LogP contribution in [-0.4, -0.2) is 23.4 Å². The molecule has 0 aliphatic carbocycles. The summed E-state index contributed by atoms with van der Waals surface area (Å²) in [5.41, 5.74) is 0. The summed E-state index contributed by atoms with van der Waals surface area (Å²) in [6.07, 6.45) is -1.68. The Morgan fingerprint density at radius 3 is 2.71 bits per heavy atom. The van der Waals surface area contributed by atoms with Gasteiger partial charge in [-0.1, -0.05) is 13.5 Å². The van der Waals surface area contributed by atoms with Crippen molar-refractivity contribution in [3.63, 3.8) is 0 Å². The monoisotopic (exact) mass is 206 g/mol. The van der Waals surface area contributed by atoms with E-state index in [2.05, 4.69) is 11.7 Å². The van der Waals surface area contributed by atoms with Gasteiger partial charge in [0.2, 0.25) is 0 Å². The number of nitrogens with zero attached hydrogens (tertiary/aromatic N) is 2. The summed E-state index contributed by atoms with van der Waals surface area (Å²) in [5, 5.41) is 5.44. The standard InChI is InChI=1S/C9H13F3N2/c1-3-14-8(7(2)6-13-14)4-5-9(10,11)12/h3,6-8H,1,4-5H2,2H3/t7-,8?/m0/s1. The summed E-state index contributed by atoms with van der Waals surface area (Å²) in [6.45, 7) is 5.36. The van der Waals surface area contributed by atoms with Crippen molar-refractivity contribution in [3.8, 4) is 0 Å². The molecule has 1 unspecified atom stereocenters. The molecule has 1 aliphatic heterocycles. The lowest BCUT2D eigenvalue weighted by Gasteiger charge is -2.23. The van der Waals surface area contributed by atoms with Crippen LogP contribution < -0.4 is 0 Å². The highest BCUT2D eigenvalue weighted by Gasteiger charge is 2.33. The molecule has 1 aliphatic rings. The molecular formula is C9H13F3N2. The molecule has 0 fully saturated rings. The third-order valence-electron chi connectivity index (χ3n) is 2.29. The zero-order valence-electron chi connectivity index (χ0n) is 7.96. The van der Waals surface area contributed by atoms with Gasteiger partial charge in [0.05, 0.1) is 6.04 Å². The number of alkyl halides is 3. The maximum absolute atomic E-state index is 12.0. The van der Waals surface area contributed by atoms with Crippen molar-refractivity contribution < 1.29 is 13.2 Å². The van der Waals surface area contributed by atoms with Crippen LogP contribution in [0.1, 0.15) is 19.8 Å². The predicted molar refractivity (Wildman–Crippen MR) is 48.8 cm³/mol. The molecule has 0 saturated carbocycles. The number of rotatable bonds is 3. The molecule has 5 heteroatoms. The number of hydrogen-bond donors (Lipinski definition) is 0. The first kappa shape index (κ1) is 11.1. The Morgan fingerprint density at radius 2 is 2.21 bits per heavy atom. The zero-order valence-corrected chi connectivity index (χ0v) is 7.96. The second kappa shape index (κ2) is 4.02. The summed E-state index contributed by atoms with van der Waals surface area (Å²) >= 11 is 0. The highest BCUT2D eigenvalue weighted by atomic mass is 19.4. The van der Waals surface area contributed by atoms with E-state index in [0.29, 0.717) is 0 Å². The Bertz CT molecular complexity index is 235. The van der Waals surface area contributed by atoms with E-state index in [1.807, 2.05) is 6.92 Å². The van der Waals surface area contributed by atoms with Crippen LogP contribution in [0.25, 0.3) is 0 Å². The molecule has 0 aromatic heterocycles. The lowest BCUT2D eigenvalue weighted by Crippen LogP contribution is -2.28. The highest BCUT2D eigenvalue weighted by Crippen LogP contribution is 2.28. The summed E-state index contributed by atoms with van der Waals surface area (Å²) < 4.78 is 35.9. The van der Waals surface area contributed by atoms with Gasteiger partial charge in [0.15, 0.2) is 0 Å².